The van der Waals surface area contributed by atoms with Gasteiger partial charge in [0.2, 0.25) is 0 Å². The molecule has 0 aliphatic heterocycles. The maximum absolute atomic E-state index is 6.03. The van der Waals surface area contributed by atoms with Crippen LogP contribution in [-0.4, -0.2) is 14.5 Å². The molecule has 0 saturated carbocycles. The zero-order valence-electron chi connectivity index (χ0n) is 11.5. The number of hydrogen-bond donors (Lipinski definition) is 0. The van der Waals surface area contributed by atoms with Crippen LogP contribution in [0.2, 0.25) is 0 Å². The predicted octanol–water partition coefficient (Wildman–Crippen LogP) is 3.88. The fraction of sp³-hybridized carbons (Fsp3) is 0.333. The van der Waals surface area contributed by atoms with Crippen LogP contribution >= 0.6 is 11.6 Å². The molecule has 1 atom stereocenters. The molecule has 3 rings (SSSR count). The van der Waals surface area contributed by atoms with Crippen molar-refractivity contribution in [2.45, 2.75) is 32.2 Å². The summed E-state index contributed by atoms with van der Waals surface area (Å²) in [6.07, 6.45) is 2.48. The Morgan fingerprint density at radius 3 is 2.85 bits per heavy atom. The average molecular weight is 290 g/mol. The molecular formula is C15H16ClN3O. The number of furan rings is 1. The van der Waals surface area contributed by atoms with Crippen molar-refractivity contribution in [1.29, 1.82) is 0 Å². The highest BCUT2D eigenvalue weighted by atomic mass is 35.5. The van der Waals surface area contributed by atoms with Gasteiger partial charge in [0, 0.05) is 18.2 Å². The Labute approximate surface area is 122 Å². The van der Waals surface area contributed by atoms with Gasteiger partial charge in [0.05, 0.1) is 12.1 Å². The highest BCUT2D eigenvalue weighted by Gasteiger charge is 2.17. The quantitative estimate of drug-likeness (QED) is 0.685. The van der Waals surface area contributed by atoms with Crippen LogP contribution < -0.4 is 0 Å². The van der Waals surface area contributed by atoms with E-state index in [4.69, 9.17) is 16.0 Å². The first-order chi connectivity index (χ1) is 9.69. The maximum Gasteiger partial charge on any atom is 0.160 e. The minimum atomic E-state index is 0.189. The van der Waals surface area contributed by atoms with Crippen LogP contribution in [0.15, 0.2) is 34.9 Å². The average Bonchev–Trinajstić information content (AvgIpc) is 3.04. The summed E-state index contributed by atoms with van der Waals surface area (Å²) >= 11 is 6.03. The molecule has 4 nitrogen and oxygen atoms in total. The number of alkyl halides is 1. The van der Waals surface area contributed by atoms with Crippen molar-refractivity contribution in [3.8, 4) is 0 Å². The lowest BCUT2D eigenvalue weighted by atomic mass is 10.2. The summed E-state index contributed by atoms with van der Waals surface area (Å²) < 4.78 is 7.53. The molecule has 0 amide bonds. The Morgan fingerprint density at radius 2 is 2.15 bits per heavy atom. The summed E-state index contributed by atoms with van der Waals surface area (Å²) in [5.74, 6) is 2.17. The third kappa shape index (κ3) is 2.31. The second kappa shape index (κ2) is 5.29. The zero-order chi connectivity index (χ0) is 14.1. The molecule has 0 bridgehead atoms. The fourth-order valence-electron chi connectivity index (χ4n) is 2.48. The van der Waals surface area contributed by atoms with Gasteiger partial charge in [0.25, 0.3) is 0 Å². The maximum atomic E-state index is 6.03. The normalized spacial score (nSPS) is 12.9. The van der Waals surface area contributed by atoms with Crippen LogP contribution in [0.4, 0.5) is 0 Å². The van der Waals surface area contributed by atoms with Crippen molar-refractivity contribution in [3.63, 3.8) is 0 Å². The second-order valence-electron chi connectivity index (χ2n) is 4.96. The molecule has 5 heteroatoms. The number of pyridine rings is 1. The minimum Gasteiger partial charge on any atom is -0.469 e. The fourth-order valence-corrected chi connectivity index (χ4v) is 2.67. The summed E-state index contributed by atoms with van der Waals surface area (Å²) in [4.78, 5) is 9.17. The van der Waals surface area contributed by atoms with Gasteiger partial charge in [-0.2, -0.15) is 0 Å². The van der Waals surface area contributed by atoms with Crippen LogP contribution in [0.25, 0.3) is 11.2 Å². The summed E-state index contributed by atoms with van der Waals surface area (Å²) in [6, 6.07) is 8.03. The summed E-state index contributed by atoms with van der Waals surface area (Å²) in [6.45, 7) is 4.11. The van der Waals surface area contributed by atoms with Crippen molar-refractivity contribution in [3.05, 3.63) is 47.8 Å². The zero-order valence-corrected chi connectivity index (χ0v) is 12.3. The van der Waals surface area contributed by atoms with Gasteiger partial charge in [0.1, 0.15) is 17.1 Å². The molecule has 0 aliphatic carbocycles. The van der Waals surface area contributed by atoms with Gasteiger partial charge in [-0.15, -0.1) is 11.6 Å². The number of aryl methyl sites for hydroxylation is 1. The van der Waals surface area contributed by atoms with Crippen LogP contribution in [0, 0.1) is 6.92 Å². The Morgan fingerprint density at radius 1 is 1.30 bits per heavy atom. The van der Waals surface area contributed by atoms with E-state index < -0.39 is 0 Å². The predicted molar refractivity (Wildman–Crippen MR) is 78.9 cm³/mol. The SMILES string of the molecule is Cc1ccc2nc(CCl)n(C(C)Cc3ccco3)c2n1. The van der Waals surface area contributed by atoms with Crippen LogP contribution in [0.5, 0.6) is 0 Å². The smallest absolute Gasteiger partial charge is 0.160 e. The van der Waals surface area contributed by atoms with E-state index in [1.807, 2.05) is 31.2 Å². The number of rotatable bonds is 4. The van der Waals surface area contributed by atoms with E-state index in [2.05, 4.69) is 21.5 Å². The molecular weight excluding hydrogens is 274 g/mol. The molecule has 3 aromatic heterocycles. The first-order valence-corrected chi connectivity index (χ1v) is 7.15. The summed E-state index contributed by atoms with van der Waals surface area (Å²) in [5, 5.41) is 0. The Bertz CT molecular complexity index is 718. The molecule has 0 aliphatic rings. The molecule has 0 spiro atoms. The van der Waals surface area contributed by atoms with E-state index in [0.29, 0.717) is 5.88 Å². The molecule has 0 radical (unpaired) electrons. The number of nitrogens with zero attached hydrogens (tertiary/aromatic N) is 3. The molecule has 0 saturated heterocycles. The van der Waals surface area contributed by atoms with Gasteiger partial charge in [-0.25, -0.2) is 9.97 Å². The highest BCUT2D eigenvalue weighted by molar-refractivity contribution is 6.16. The number of halogens is 1. The lowest BCUT2D eigenvalue weighted by Gasteiger charge is -2.15. The van der Waals surface area contributed by atoms with Gasteiger partial charge >= 0.3 is 0 Å². The number of hydrogen-bond acceptors (Lipinski definition) is 3. The Kier molecular flexibility index (Phi) is 3.49. The minimum absolute atomic E-state index is 0.189. The molecule has 104 valence electrons. The highest BCUT2D eigenvalue weighted by Crippen LogP contribution is 2.24. The van der Waals surface area contributed by atoms with Gasteiger partial charge < -0.3 is 8.98 Å². The van der Waals surface area contributed by atoms with Crippen molar-refractivity contribution in [2.75, 3.05) is 0 Å². The lowest BCUT2D eigenvalue weighted by Crippen LogP contribution is -2.11. The van der Waals surface area contributed by atoms with E-state index in [0.717, 1.165) is 34.9 Å². The summed E-state index contributed by atoms with van der Waals surface area (Å²) in [7, 11) is 0. The summed E-state index contributed by atoms with van der Waals surface area (Å²) in [5.41, 5.74) is 2.75. The van der Waals surface area contributed by atoms with E-state index in [9.17, 15) is 0 Å². The van der Waals surface area contributed by atoms with E-state index >= 15 is 0 Å². The second-order valence-corrected chi connectivity index (χ2v) is 5.23. The number of fused-ring (bicyclic) bond motifs is 1. The third-order valence-electron chi connectivity index (χ3n) is 3.39. The molecule has 3 aromatic rings. The van der Waals surface area contributed by atoms with E-state index in [1.165, 1.54) is 0 Å². The lowest BCUT2D eigenvalue weighted by molar-refractivity contribution is 0.448. The Balaban J connectivity index is 2.06. The monoisotopic (exact) mass is 289 g/mol. The van der Waals surface area contributed by atoms with Crippen molar-refractivity contribution < 1.29 is 4.42 Å². The van der Waals surface area contributed by atoms with E-state index in [1.54, 1.807) is 6.26 Å². The largest absolute Gasteiger partial charge is 0.469 e. The van der Waals surface area contributed by atoms with Crippen LogP contribution in [-0.2, 0) is 12.3 Å². The van der Waals surface area contributed by atoms with E-state index in [-0.39, 0.29) is 6.04 Å². The van der Waals surface area contributed by atoms with Crippen LogP contribution in [0.3, 0.4) is 0 Å². The van der Waals surface area contributed by atoms with Crippen molar-refractivity contribution >= 4 is 22.8 Å². The molecule has 0 N–H and O–H groups in total. The Hall–Kier alpha value is -1.81. The van der Waals surface area contributed by atoms with Gasteiger partial charge in [0.15, 0.2) is 5.65 Å². The first-order valence-electron chi connectivity index (χ1n) is 6.62. The third-order valence-corrected chi connectivity index (χ3v) is 3.63. The van der Waals surface area contributed by atoms with Gasteiger partial charge in [-0.3, -0.25) is 0 Å². The van der Waals surface area contributed by atoms with Gasteiger partial charge in [-0.05, 0) is 38.1 Å². The number of aromatic nitrogens is 3. The molecule has 0 fully saturated rings. The first kappa shape index (κ1) is 13.2. The van der Waals surface area contributed by atoms with Crippen LogP contribution in [0.1, 0.15) is 30.2 Å². The van der Waals surface area contributed by atoms with Gasteiger partial charge in [-0.1, -0.05) is 0 Å². The topological polar surface area (TPSA) is 43.9 Å². The molecule has 20 heavy (non-hydrogen) atoms. The van der Waals surface area contributed by atoms with Crippen molar-refractivity contribution in [2.24, 2.45) is 0 Å². The standard InChI is InChI=1S/C15H16ClN3O/c1-10-5-6-13-15(17-10)19(14(9-16)18-13)11(2)8-12-4-3-7-20-12/h3-7,11H,8-9H2,1-2H3. The van der Waals surface area contributed by atoms with Crippen molar-refractivity contribution in [1.82, 2.24) is 14.5 Å². The number of imidazole rings is 1. The molecule has 3 heterocycles. The molecule has 0 aromatic carbocycles. The molecule has 1 unspecified atom stereocenters.